The molecule has 1 unspecified atom stereocenters. The van der Waals surface area contributed by atoms with Gasteiger partial charge in [0.25, 0.3) is 0 Å². The summed E-state index contributed by atoms with van der Waals surface area (Å²) in [6.07, 6.45) is 3.05. The molecule has 1 fully saturated rings. The van der Waals surface area contributed by atoms with Crippen molar-refractivity contribution in [3.63, 3.8) is 0 Å². The Morgan fingerprint density at radius 3 is 2.16 bits per heavy atom. The van der Waals surface area contributed by atoms with E-state index in [0.29, 0.717) is 6.54 Å². The molecule has 1 saturated heterocycles. The summed E-state index contributed by atoms with van der Waals surface area (Å²) in [7, 11) is -3.22. The van der Waals surface area contributed by atoms with Crippen molar-refractivity contribution in [2.45, 2.75) is 77.1 Å². The summed E-state index contributed by atoms with van der Waals surface area (Å²) in [6.45, 7) is 13.1. The third-order valence-electron chi connectivity index (χ3n) is 3.52. The van der Waals surface area contributed by atoms with Crippen molar-refractivity contribution >= 4 is 10.0 Å². The van der Waals surface area contributed by atoms with E-state index in [2.05, 4.69) is 26.1 Å². The van der Waals surface area contributed by atoms with Crippen LogP contribution in [-0.4, -0.2) is 42.1 Å². The molecule has 0 aromatic rings. The second-order valence-corrected chi connectivity index (χ2v) is 10.2. The highest BCUT2D eigenvalue weighted by molar-refractivity contribution is 7.90. The Balaban J connectivity index is 2.85. The van der Waals surface area contributed by atoms with Crippen LogP contribution in [0.15, 0.2) is 0 Å². The van der Waals surface area contributed by atoms with Gasteiger partial charge in [0.1, 0.15) is 0 Å². The van der Waals surface area contributed by atoms with Crippen LogP contribution in [0.5, 0.6) is 0 Å². The van der Waals surface area contributed by atoms with E-state index in [4.69, 9.17) is 0 Å². The van der Waals surface area contributed by atoms with Gasteiger partial charge in [-0.25, -0.2) is 8.42 Å². The Labute approximate surface area is 119 Å². The summed E-state index contributed by atoms with van der Waals surface area (Å²) in [5.74, 6) is 0. The first-order valence-corrected chi connectivity index (χ1v) is 8.65. The van der Waals surface area contributed by atoms with Crippen LogP contribution in [0.4, 0.5) is 0 Å². The van der Waals surface area contributed by atoms with Crippen LogP contribution in [0.1, 0.15) is 60.8 Å². The molecule has 4 nitrogen and oxygen atoms in total. The van der Waals surface area contributed by atoms with Gasteiger partial charge in [-0.3, -0.25) is 0 Å². The fourth-order valence-electron chi connectivity index (χ4n) is 2.27. The van der Waals surface area contributed by atoms with Crippen LogP contribution in [0.25, 0.3) is 0 Å². The zero-order chi connectivity index (χ0) is 14.9. The predicted octanol–water partition coefficient (Wildman–Crippen LogP) is 2.36. The first kappa shape index (κ1) is 16.9. The van der Waals surface area contributed by atoms with E-state index in [1.807, 2.05) is 0 Å². The average Bonchev–Trinajstić information content (AvgIpc) is 2.24. The summed E-state index contributed by atoms with van der Waals surface area (Å²) in [4.78, 5) is 0. The van der Waals surface area contributed by atoms with E-state index < -0.39 is 14.8 Å². The van der Waals surface area contributed by atoms with Crippen molar-refractivity contribution in [3.8, 4) is 0 Å². The predicted molar refractivity (Wildman–Crippen MR) is 80.8 cm³/mol. The fourth-order valence-corrected chi connectivity index (χ4v) is 3.92. The second kappa shape index (κ2) is 5.70. The highest BCUT2D eigenvalue weighted by Crippen LogP contribution is 2.27. The van der Waals surface area contributed by atoms with E-state index in [1.54, 1.807) is 25.1 Å². The molecule has 0 aromatic heterocycles. The van der Waals surface area contributed by atoms with Gasteiger partial charge in [-0.1, -0.05) is 6.42 Å². The second-order valence-electron chi connectivity index (χ2n) is 7.51. The third kappa shape index (κ3) is 4.43. The smallest absolute Gasteiger partial charge is 0.219 e. The largest absolute Gasteiger partial charge is 0.310 e. The highest BCUT2D eigenvalue weighted by atomic mass is 32.2. The van der Waals surface area contributed by atoms with Crippen molar-refractivity contribution in [1.82, 2.24) is 9.62 Å². The van der Waals surface area contributed by atoms with Crippen molar-refractivity contribution < 1.29 is 8.42 Å². The maximum absolute atomic E-state index is 12.6. The van der Waals surface area contributed by atoms with Gasteiger partial charge < -0.3 is 5.32 Å². The number of nitrogens with zero attached hydrogens (tertiary/aromatic N) is 1. The topological polar surface area (TPSA) is 49.4 Å². The number of hydrogen-bond acceptors (Lipinski definition) is 3. The lowest BCUT2D eigenvalue weighted by atomic mass is 10.0. The van der Waals surface area contributed by atoms with Crippen molar-refractivity contribution in [2.75, 3.05) is 13.1 Å². The summed E-state index contributed by atoms with van der Waals surface area (Å²) < 4.78 is 26.3. The normalized spacial score (nSPS) is 23.6. The van der Waals surface area contributed by atoms with Crippen LogP contribution in [-0.2, 0) is 10.0 Å². The number of piperidine rings is 1. The van der Waals surface area contributed by atoms with E-state index in [9.17, 15) is 8.42 Å². The lowest BCUT2D eigenvalue weighted by molar-refractivity contribution is 0.226. The quantitative estimate of drug-likeness (QED) is 0.868. The lowest BCUT2D eigenvalue weighted by Gasteiger charge is -2.39. The molecule has 1 aliphatic rings. The molecule has 0 spiro atoms. The van der Waals surface area contributed by atoms with Gasteiger partial charge in [0.05, 0.1) is 4.75 Å². The molecule has 1 rings (SSSR count). The number of hydrogen-bond donors (Lipinski definition) is 1. The summed E-state index contributed by atoms with van der Waals surface area (Å²) in [5, 5.41) is 3.44. The molecule has 19 heavy (non-hydrogen) atoms. The molecule has 1 aliphatic heterocycles. The first-order valence-electron chi connectivity index (χ1n) is 7.21. The molecule has 0 aliphatic carbocycles. The van der Waals surface area contributed by atoms with Crippen molar-refractivity contribution in [3.05, 3.63) is 0 Å². The van der Waals surface area contributed by atoms with Crippen LogP contribution < -0.4 is 5.32 Å². The fraction of sp³-hybridized carbons (Fsp3) is 1.00. The van der Waals surface area contributed by atoms with Crippen LogP contribution in [0.3, 0.4) is 0 Å². The minimum Gasteiger partial charge on any atom is -0.310 e. The Morgan fingerprint density at radius 1 is 1.11 bits per heavy atom. The molecule has 1 atom stereocenters. The van der Waals surface area contributed by atoms with E-state index in [0.717, 1.165) is 25.8 Å². The summed E-state index contributed by atoms with van der Waals surface area (Å²) in [5.41, 5.74) is 0.0224. The average molecular weight is 290 g/mol. The molecule has 1 N–H and O–H groups in total. The summed E-state index contributed by atoms with van der Waals surface area (Å²) in [6, 6.07) is 0.0946. The lowest BCUT2D eigenvalue weighted by Crippen LogP contribution is -2.55. The van der Waals surface area contributed by atoms with Gasteiger partial charge >= 0.3 is 0 Å². The molecular formula is C14H30N2O2S. The SMILES string of the molecule is CC(C)(C)NCC1CCCCN1S(=O)(=O)C(C)(C)C. The number of rotatable bonds is 3. The summed E-state index contributed by atoms with van der Waals surface area (Å²) >= 11 is 0. The molecule has 5 heteroatoms. The standard InChI is InChI=1S/C14H30N2O2S/c1-13(2,3)15-11-12-9-7-8-10-16(12)19(17,18)14(4,5)6/h12,15H,7-11H2,1-6H3. The first-order chi connectivity index (χ1) is 8.45. The zero-order valence-electron chi connectivity index (χ0n) is 13.3. The molecule has 0 amide bonds. The number of sulfonamides is 1. The van der Waals surface area contributed by atoms with E-state index in [1.165, 1.54) is 0 Å². The molecular weight excluding hydrogens is 260 g/mol. The highest BCUT2D eigenvalue weighted by Gasteiger charge is 2.40. The maximum Gasteiger partial charge on any atom is 0.219 e. The van der Waals surface area contributed by atoms with Crippen LogP contribution >= 0.6 is 0 Å². The van der Waals surface area contributed by atoms with E-state index >= 15 is 0 Å². The monoisotopic (exact) mass is 290 g/mol. The Bertz CT molecular complexity index is 391. The van der Waals surface area contributed by atoms with Crippen molar-refractivity contribution in [2.24, 2.45) is 0 Å². The van der Waals surface area contributed by atoms with Gasteiger partial charge in [-0.15, -0.1) is 0 Å². The third-order valence-corrected chi connectivity index (χ3v) is 6.17. The Hall–Kier alpha value is -0.130. The molecule has 1 heterocycles. The van der Waals surface area contributed by atoms with Gasteiger partial charge in [-0.05, 0) is 54.4 Å². The molecule has 0 aromatic carbocycles. The Kier molecular flexibility index (Phi) is 5.08. The van der Waals surface area contributed by atoms with Gasteiger partial charge in [0.2, 0.25) is 10.0 Å². The van der Waals surface area contributed by atoms with Crippen LogP contribution in [0.2, 0.25) is 0 Å². The van der Waals surface area contributed by atoms with Gasteiger partial charge in [-0.2, -0.15) is 4.31 Å². The van der Waals surface area contributed by atoms with Gasteiger partial charge in [0, 0.05) is 24.7 Å². The minimum atomic E-state index is -3.22. The number of nitrogens with one attached hydrogen (secondary N) is 1. The molecule has 0 saturated carbocycles. The van der Waals surface area contributed by atoms with Crippen LogP contribution in [0, 0.1) is 0 Å². The molecule has 0 radical (unpaired) electrons. The van der Waals surface area contributed by atoms with Gasteiger partial charge in [0.15, 0.2) is 0 Å². The van der Waals surface area contributed by atoms with E-state index in [-0.39, 0.29) is 11.6 Å². The minimum absolute atomic E-state index is 0.0224. The molecule has 0 bridgehead atoms. The maximum atomic E-state index is 12.6. The molecule has 114 valence electrons. The zero-order valence-corrected chi connectivity index (χ0v) is 14.1. The Morgan fingerprint density at radius 2 is 1.68 bits per heavy atom. The van der Waals surface area contributed by atoms with Crippen molar-refractivity contribution in [1.29, 1.82) is 0 Å².